The molecule has 0 aliphatic carbocycles. The molecule has 0 bridgehead atoms. The van der Waals surface area contributed by atoms with Crippen LogP contribution in [0.1, 0.15) is 31.7 Å². The van der Waals surface area contributed by atoms with Crippen molar-refractivity contribution >= 4 is 0 Å². The van der Waals surface area contributed by atoms with Crippen molar-refractivity contribution in [2.45, 2.75) is 43.4 Å². The number of aliphatic hydroxyl groups is 1. The van der Waals surface area contributed by atoms with Crippen LogP contribution in [0.4, 0.5) is 13.2 Å². The maximum Gasteiger partial charge on any atom is 0.420 e. The molecule has 0 aromatic heterocycles. The summed E-state index contributed by atoms with van der Waals surface area (Å²) in [5.74, 6) is 0.596. The first-order valence-corrected chi connectivity index (χ1v) is 6.93. The van der Waals surface area contributed by atoms with E-state index in [4.69, 9.17) is 4.74 Å². The van der Waals surface area contributed by atoms with Crippen molar-refractivity contribution < 1.29 is 23.0 Å². The van der Waals surface area contributed by atoms with E-state index in [0.29, 0.717) is 31.3 Å². The molecule has 0 fully saturated rings. The molecule has 116 valence electrons. The van der Waals surface area contributed by atoms with Crippen LogP contribution in [-0.2, 0) is 5.41 Å². The van der Waals surface area contributed by atoms with E-state index in [2.05, 4.69) is 6.58 Å². The summed E-state index contributed by atoms with van der Waals surface area (Å²) >= 11 is 0. The fourth-order valence-electron chi connectivity index (χ4n) is 3.00. The van der Waals surface area contributed by atoms with Gasteiger partial charge in [-0.25, -0.2) is 0 Å². The summed E-state index contributed by atoms with van der Waals surface area (Å²) < 4.78 is 45.1. The van der Waals surface area contributed by atoms with Gasteiger partial charge in [-0.15, -0.1) is 0 Å². The van der Waals surface area contributed by atoms with Crippen molar-refractivity contribution in [2.75, 3.05) is 6.61 Å². The van der Waals surface area contributed by atoms with E-state index in [9.17, 15) is 18.3 Å². The van der Waals surface area contributed by atoms with Crippen molar-refractivity contribution in [2.24, 2.45) is 0 Å². The minimum absolute atomic E-state index is 0.343. The zero-order chi connectivity index (χ0) is 15.7. The Bertz CT molecular complexity index is 526. The van der Waals surface area contributed by atoms with E-state index in [0.717, 1.165) is 5.56 Å². The third kappa shape index (κ3) is 2.67. The molecule has 0 radical (unpaired) electrons. The van der Waals surface area contributed by atoms with Gasteiger partial charge in [-0.1, -0.05) is 37.8 Å². The van der Waals surface area contributed by atoms with Crippen LogP contribution in [0.5, 0.6) is 5.75 Å². The lowest BCUT2D eigenvalue weighted by molar-refractivity contribution is -0.247. The van der Waals surface area contributed by atoms with Gasteiger partial charge in [-0.2, -0.15) is 13.2 Å². The number of fused-ring (bicyclic) bond motifs is 1. The number of hydrogen-bond acceptors (Lipinski definition) is 2. The van der Waals surface area contributed by atoms with Gasteiger partial charge >= 0.3 is 6.18 Å². The molecule has 1 heterocycles. The van der Waals surface area contributed by atoms with Crippen molar-refractivity contribution in [3.05, 3.63) is 42.5 Å². The van der Waals surface area contributed by atoms with Gasteiger partial charge in [0.15, 0.2) is 5.60 Å². The number of ether oxygens (including phenoxy) is 1. The maximum absolute atomic E-state index is 13.2. The maximum atomic E-state index is 13.2. The molecule has 2 unspecified atom stereocenters. The lowest BCUT2D eigenvalue weighted by Gasteiger charge is -2.43. The SMILES string of the molecule is C=CC(O)(CC1(CC)CCOc2ccccc21)C(F)(F)F. The predicted octanol–water partition coefficient (Wildman–Crippen LogP) is 3.99. The van der Waals surface area contributed by atoms with Crippen LogP contribution in [-0.4, -0.2) is 23.5 Å². The van der Waals surface area contributed by atoms with E-state index >= 15 is 0 Å². The molecule has 0 saturated heterocycles. The van der Waals surface area contributed by atoms with Gasteiger partial charge in [0.25, 0.3) is 0 Å². The van der Waals surface area contributed by atoms with Crippen LogP contribution in [0.3, 0.4) is 0 Å². The number of rotatable bonds is 4. The van der Waals surface area contributed by atoms with E-state index < -0.39 is 23.6 Å². The number of alkyl halides is 3. The van der Waals surface area contributed by atoms with Gasteiger partial charge in [0, 0.05) is 11.0 Å². The lowest BCUT2D eigenvalue weighted by atomic mass is 9.67. The Morgan fingerprint density at radius 1 is 1.38 bits per heavy atom. The molecule has 5 heteroatoms. The molecule has 1 N–H and O–H groups in total. The first-order chi connectivity index (χ1) is 9.78. The summed E-state index contributed by atoms with van der Waals surface area (Å²) in [5.41, 5.74) is -2.94. The highest BCUT2D eigenvalue weighted by Gasteiger charge is 2.56. The summed E-state index contributed by atoms with van der Waals surface area (Å²) in [7, 11) is 0. The zero-order valence-corrected chi connectivity index (χ0v) is 11.9. The topological polar surface area (TPSA) is 29.5 Å². The number of para-hydroxylation sites is 1. The van der Waals surface area contributed by atoms with Gasteiger partial charge in [0.1, 0.15) is 5.75 Å². The Labute approximate surface area is 122 Å². The van der Waals surface area contributed by atoms with Crippen LogP contribution in [0.2, 0.25) is 0 Å². The molecule has 1 aromatic carbocycles. The summed E-state index contributed by atoms with van der Waals surface area (Å²) in [4.78, 5) is 0. The van der Waals surface area contributed by atoms with E-state index in [1.165, 1.54) is 0 Å². The molecule has 2 atom stereocenters. The van der Waals surface area contributed by atoms with Gasteiger partial charge in [0.05, 0.1) is 6.61 Å². The van der Waals surface area contributed by atoms with E-state index in [1.54, 1.807) is 24.3 Å². The Kier molecular flexibility index (Phi) is 4.06. The van der Waals surface area contributed by atoms with Gasteiger partial charge in [-0.3, -0.25) is 0 Å². The first-order valence-electron chi connectivity index (χ1n) is 6.93. The van der Waals surface area contributed by atoms with Crippen LogP contribution >= 0.6 is 0 Å². The van der Waals surface area contributed by atoms with Crippen molar-refractivity contribution in [1.29, 1.82) is 0 Å². The van der Waals surface area contributed by atoms with Crippen molar-refractivity contribution in [3.63, 3.8) is 0 Å². The molecule has 21 heavy (non-hydrogen) atoms. The second-order valence-corrected chi connectivity index (χ2v) is 5.53. The Morgan fingerprint density at radius 3 is 2.62 bits per heavy atom. The highest BCUT2D eigenvalue weighted by molar-refractivity contribution is 5.42. The molecule has 2 rings (SSSR count). The van der Waals surface area contributed by atoms with Crippen molar-refractivity contribution in [3.8, 4) is 5.75 Å². The number of halogens is 3. The summed E-state index contributed by atoms with van der Waals surface area (Å²) in [6, 6.07) is 7.09. The monoisotopic (exact) mass is 300 g/mol. The second kappa shape index (κ2) is 5.37. The molecular weight excluding hydrogens is 281 g/mol. The van der Waals surface area contributed by atoms with Crippen molar-refractivity contribution in [1.82, 2.24) is 0 Å². The molecule has 1 aliphatic rings. The van der Waals surface area contributed by atoms with Crippen LogP contribution in [0.15, 0.2) is 36.9 Å². The summed E-state index contributed by atoms with van der Waals surface area (Å²) in [5, 5.41) is 10.0. The summed E-state index contributed by atoms with van der Waals surface area (Å²) in [6.45, 7) is 5.36. The Hall–Kier alpha value is -1.49. The minimum Gasteiger partial charge on any atom is -0.493 e. The Morgan fingerprint density at radius 2 is 2.05 bits per heavy atom. The average Bonchev–Trinajstić information content (AvgIpc) is 2.46. The highest BCUT2D eigenvalue weighted by atomic mass is 19.4. The molecular formula is C16H19F3O2. The fraction of sp³-hybridized carbons (Fsp3) is 0.500. The van der Waals surface area contributed by atoms with Crippen LogP contribution in [0.25, 0.3) is 0 Å². The zero-order valence-electron chi connectivity index (χ0n) is 11.9. The largest absolute Gasteiger partial charge is 0.493 e. The number of benzene rings is 1. The molecule has 0 amide bonds. The minimum atomic E-state index is -4.75. The quantitative estimate of drug-likeness (QED) is 0.852. The fourth-order valence-corrected chi connectivity index (χ4v) is 3.00. The normalized spacial score (nSPS) is 24.6. The average molecular weight is 300 g/mol. The summed E-state index contributed by atoms with van der Waals surface area (Å²) in [6.07, 6.45) is -3.66. The molecule has 2 nitrogen and oxygen atoms in total. The smallest absolute Gasteiger partial charge is 0.420 e. The van der Waals surface area contributed by atoms with E-state index in [1.807, 2.05) is 6.92 Å². The van der Waals surface area contributed by atoms with Gasteiger partial charge in [-0.05, 0) is 25.3 Å². The highest BCUT2D eigenvalue weighted by Crippen LogP contribution is 2.49. The predicted molar refractivity (Wildman–Crippen MR) is 74.3 cm³/mol. The van der Waals surface area contributed by atoms with Gasteiger partial charge in [0.2, 0.25) is 0 Å². The van der Waals surface area contributed by atoms with Crippen LogP contribution < -0.4 is 4.74 Å². The molecule has 0 saturated carbocycles. The third-order valence-electron chi connectivity index (χ3n) is 4.41. The second-order valence-electron chi connectivity index (χ2n) is 5.53. The molecule has 1 aromatic rings. The lowest BCUT2D eigenvalue weighted by Crippen LogP contribution is -2.49. The molecule has 1 aliphatic heterocycles. The Balaban J connectivity index is 2.47. The standard InChI is InChI=1S/C16H19F3O2/c1-3-14(11-15(20,4-2)16(17,18)19)9-10-21-13-8-6-5-7-12(13)14/h4-8,20H,2-3,9-11H2,1H3. The first kappa shape index (κ1) is 15.9. The number of hydrogen-bond donors (Lipinski definition) is 1. The van der Waals surface area contributed by atoms with Gasteiger partial charge < -0.3 is 9.84 Å². The molecule has 0 spiro atoms. The third-order valence-corrected chi connectivity index (χ3v) is 4.41. The van der Waals surface area contributed by atoms with E-state index in [-0.39, 0.29) is 0 Å². The van der Waals surface area contributed by atoms with Crippen LogP contribution in [0, 0.1) is 0 Å².